The Kier molecular flexibility index (Phi) is 2.76. The minimum absolute atomic E-state index is 0.339. The Labute approximate surface area is 110 Å². The van der Waals surface area contributed by atoms with Crippen molar-refractivity contribution in [2.24, 2.45) is 10.3 Å². The topological polar surface area (TPSA) is 65.2 Å². The van der Waals surface area contributed by atoms with Gasteiger partial charge in [0.2, 0.25) is 0 Å². The minimum atomic E-state index is -0.339. The van der Waals surface area contributed by atoms with E-state index in [1.165, 1.54) is 0 Å². The summed E-state index contributed by atoms with van der Waals surface area (Å²) in [6.07, 6.45) is 0. The summed E-state index contributed by atoms with van der Waals surface area (Å²) in [7, 11) is 0. The molecule has 0 saturated carbocycles. The summed E-state index contributed by atoms with van der Waals surface area (Å²) in [5.41, 5.74) is 3.54. The molecule has 0 radical (unpaired) electrons. The first kappa shape index (κ1) is 11.5. The van der Waals surface area contributed by atoms with Crippen molar-refractivity contribution in [1.29, 1.82) is 0 Å². The highest BCUT2D eigenvalue weighted by molar-refractivity contribution is 6.33. The Morgan fingerprint density at radius 2 is 1.16 bits per heavy atom. The predicted octanol–water partition coefficient (Wildman–Crippen LogP) is 2.84. The monoisotopic (exact) mass is 252 g/mol. The Bertz CT molecular complexity index is 624. The molecule has 3 rings (SSSR count). The highest BCUT2D eigenvalue weighted by Gasteiger charge is 2.36. The van der Waals surface area contributed by atoms with E-state index in [9.17, 15) is 10.4 Å². The SMILES string of the molecule is ON=C1c2ccccc2C(=NO)C1c1ccccc1. The van der Waals surface area contributed by atoms with Crippen LogP contribution in [0.3, 0.4) is 0 Å². The maximum atomic E-state index is 9.31. The third-order valence-corrected chi connectivity index (χ3v) is 3.37. The minimum Gasteiger partial charge on any atom is -0.411 e. The second kappa shape index (κ2) is 4.57. The summed E-state index contributed by atoms with van der Waals surface area (Å²) in [6, 6.07) is 17.0. The van der Waals surface area contributed by atoms with E-state index >= 15 is 0 Å². The summed E-state index contributed by atoms with van der Waals surface area (Å²) < 4.78 is 0. The summed E-state index contributed by atoms with van der Waals surface area (Å²) in [5, 5.41) is 25.4. The van der Waals surface area contributed by atoms with Crippen molar-refractivity contribution >= 4 is 11.4 Å². The fourth-order valence-corrected chi connectivity index (χ4v) is 2.55. The van der Waals surface area contributed by atoms with Gasteiger partial charge in [0, 0.05) is 11.1 Å². The zero-order chi connectivity index (χ0) is 13.2. The molecular weight excluding hydrogens is 240 g/mol. The van der Waals surface area contributed by atoms with Gasteiger partial charge in [0.25, 0.3) is 0 Å². The van der Waals surface area contributed by atoms with Gasteiger partial charge in [-0.15, -0.1) is 0 Å². The van der Waals surface area contributed by atoms with Crippen molar-refractivity contribution in [3.8, 4) is 0 Å². The van der Waals surface area contributed by atoms with Crippen molar-refractivity contribution < 1.29 is 10.4 Å². The van der Waals surface area contributed by atoms with Crippen LogP contribution in [-0.2, 0) is 0 Å². The van der Waals surface area contributed by atoms with E-state index in [2.05, 4.69) is 10.3 Å². The van der Waals surface area contributed by atoms with E-state index in [0.717, 1.165) is 16.7 Å². The molecule has 0 atom stereocenters. The van der Waals surface area contributed by atoms with Gasteiger partial charge in [-0.1, -0.05) is 64.9 Å². The highest BCUT2D eigenvalue weighted by atomic mass is 16.4. The number of hydrogen-bond acceptors (Lipinski definition) is 4. The van der Waals surface area contributed by atoms with Crippen molar-refractivity contribution in [2.75, 3.05) is 0 Å². The van der Waals surface area contributed by atoms with Crippen molar-refractivity contribution in [3.63, 3.8) is 0 Å². The van der Waals surface area contributed by atoms with Gasteiger partial charge in [-0.25, -0.2) is 0 Å². The van der Waals surface area contributed by atoms with E-state index in [1.807, 2.05) is 54.6 Å². The van der Waals surface area contributed by atoms with Crippen LogP contribution >= 0.6 is 0 Å². The fraction of sp³-hybridized carbons (Fsp3) is 0.0667. The molecule has 1 aliphatic carbocycles. The second-order valence-corrected chi connectivity index (χ2v) is 4.36. The van der Waals surface area contributed by atoms with Crippen LogP contribution in [0.1, 0.15) is 22.6 Å². The maximum absolute atomic E-state index is 9.31. The number of rotatable bonds is 1. The molecule has 19 heavy (non-hydrogen) atoms. The second-order valence-electron chi connectivity index (χ2n) is 4.36. The Hall–Kier alpha value is -2.62. The third kappa shape index (κ3) is 1.69. The summed E-state index contributed by atoms with van der Waals surface area (Å²) in [6.45, 7) is 0. The molecule has 4 nitrogen and oxygen atoms in total. The standard InChI is InChI=1S/C15H12N2O2/c18-16-14-11-8-4-5-9-12(11)15(17-19)13(14)10-6-2-1-3-7-10/h1-9,13,18-19H. The fourth-order valence-electron chi connectivity index (χ4n) is 2.55. The zero-order valence-corrected chi connectivity index (χ0v) is 10.1. The van der Waals surface area contributed by atoms with Crippen LogP contribution in [0.25, 0.3) is 0 Å². The number of hydrogen-bond donors (Lipinski definition) is 2. The summed E-state index contributed by atoms with van der Waals surface area (Å²) in [4.78, 5) is 0. The van der Waals surface area contributed by atoms with Crippen LogP contribution in [0.5, 0.6) is 0 Å². The predicted molar refractivity (Wildman–Crippen MR) is 72.3 cm³/mol. The molecule has 0 saturated heterocycles. The van der Waals surface area contributed by atoms with Gasteiger partial charge >= 0.3 is 0 Å². The molecule has 1 aliphatic rings. The maximum Gasteiger partial charge on any atom is 0.101 e. The van der Waals surface area contributed by atoms with Crippen LogP contribution in [-0.4, -0.2) is 21.8 Å². The lowest BCUT2D eigenvalue weighted by Gasteiger charge is -2.10. The highest BCUT2D eigenvalue weighted by Crippen LogP contribution is 2.34. The molecule has 0 heterocycles. The third-order valence-electron chi connectivity index (χ3n) is 3.37. The zero-order valence-electron chi connectivity index (χ0n) is 10.1. The molecule has 2 N–H and O–H groups in total. The van der Waals surface area contributed by atoms with Crippen molar-refractivity contribution in [3.05, 3.63) is 71.3 Å². The molecular formula is C15H12N2O2. The average molecular weight is 252 g/mol. The first-order chi connectivity index (χ1) is 9.36. The van der Waals surface area contributed by atoms with Crippen molar-refractivity contribution in [1.82, 2.24) is 0 Å². The summed E-state index contributed by atoms with van der Waals surface area (Å²) >= 11 is 0. The number of fused-ring (bicyclic) bond motifs is 1. The molecule has 0 fully saturated rings. The van der Waals surface area contributed by atoms with E-state index in [4.69, 9.17) is 0 Å². The van der Waals surface area contributed by atoms with Gasteiger partial charge in [0.05, 0.1) is 5.92 Å². The first-order valence-corrected chi connectivity index (χ1v) is 5.95. The smallest absolute Gasteiger partial charge is 0.101 e. The number of oxime groups is 2. The largest absolute Gasteiger partial charge is 0.411 e. The van der Waals surface area contributed by atoms with Gasteiger partial charge in [-0.05, 0) is 5.56 Å². The molecule has 2 aromatic carbocycles. The molecule has 0 aromatic heterocycles. The van der Waals surface area contributed by atoms with Crippen molar-refractivity contribution in [2.45, 2.75) is 5.92 Å². The molecule has 0 bridgehead atoms. The molecule has 2 aromatic rings. The van der Waals surface area contributed by atoms with Crippen LogP contribution in [0, 0.1) is 0 Å². The molecule has 0 spiro atoms. The quantitative estimate of drug-likeness (QED) is 0.605. The molecule has 0 aliphatic heterocycles. The number of benzene rings is 2. The van der Waals surface area contributed by atoms with Crippen LogP contribution in [0.4, 0.5) is 0 Å². The van der Waals surface area contributed by atoms with Crippen LogP contribution < -0.4 is 0 Å². The summed E-state index contributed by atoms with van der Waals surface area (Å²) in [5.74, 6) is -0.339. The Morgan fingerprint density at radius 1 is 0.684 bits per heavy atom. The lowest BCUT2D eigenvalue weighted by Crippen LogP contribution is -2.14. The van der Waals surface area contributed by atoms with E-state index in [1.54, 1.807) is 0 Å². The van der Waals surface area contributed by atoms with Gasteiger partial charge in [-0.3, -0.25) is 0 Å². The van der Waals surface area contributed by atoms with Gasteiger partial charge in [0.15, 0.2) is 0 Å². The van der Waals surface area contributed by atoms with E-state index < -0.39 is 0 Å². The normalized spacial score (nSPS) is 21.8. The lowest BCUT2D eigenvalue weighted by molar-refractivity contribution is 0.315. The molecule has 0 unspecified atom stereocenters. The van der Waals surface area contributed by atoms with Gasteiger partial charge in [-0.2, -0.15) is 0 Å². The van der Waals surface area contributed by atoms with Gasteiger partial charge in [0.1, 0.15) is 11.4 Å². The first-order valence-electron chi connectivity index (χ1n) is 5.95. The molecule has 0 amide bonds. The van der Waals surface area contributed by atoms with Crippen LogP contribution in [0.2, 0.25) is 0 Å². The van der Waals surface area contributed by atoms with Crippen LogP contribution in [0.15, 0.2) is 64.9 Å². The molecule has 94 valence electrons. The molecule has 4 heteroatoms. The Morgan fingerprint density at radius 3 is 1.63 bits per heavy atom. The van der Waals surface area contributed by atoms with E-state index in [-0.39, 0.29) is 5.92 Å². The number of nitrogens with zero attached hydrogens (tertiary/aromatic N) is 2. The van der Waals surface area contributed by atoms with E-state index in [0.29, 0.717) is 11.4 Å². The average Bonchev–Trinajstić information content (AvgIpc) is 2.81. The van der Waals surface area contributed by atoms with Gasteiger partial charge < -0.3 is 10.4 Å². The lowest BCUT2D eigenvalue weighted by atomic mass is 9.93. The Balaban J connectivity index is 2.22.